The first-order chi connectivity index (χ1) is 11.2. The summed E-state index contributed by atoms with van der Waals surface area (Å²) in [4.78, 5) is 29.1. The molecule has 23 heavy (non-hydrogen) atoms. The second-order valence-corrected chi connectivity index (χ2v) is 6.73. The van der Waals surface area contributed by atoms with Gasteiger partial charge in [-0.25, -0.2) is 0 Å². The molecule has 2 fully saturated rings. The molecule has 2 aliphatic rings. The Morgan fingerprint density at radius 1 is 1.22 bits per heavy atom. The molecule has 4 heteroatoms. The molecule has 0 bridgehead atoms. The molecule has 0 radical (unpaired) electrons. The van der Waals surface area contributed by atoms with Crippen LogP contribution in [-0.4, -0.2) is 40.7 Å². The Labute approximate surface area is 138 Å². The zero-order valence-corrected chi connectivity index (χ0v) is 13.9. The lowest BCUT2D eigenvalue weighted by Gasteiger charge is -2.34. The van der Waals surface area contributed by atoms with Crippen molar-refractivity contribution in [3.8, 4) is 0 Å². The minimum absolute atomic E-state index is 0.120. The van der Waals surface area contributed by atoms with Gasteiger partial charge in [0.1, 0.15) is 0 Å². The summed E-state index contributed by atoms with van der Waals surface area (Å²) in [6, 6.07) is 10.2. The average Bonchev–Trinajstić information content (AvgIpc) is 2.67. The molecule has 1 heterocycles. The van der Waals surface area contributed by atoms with E-state index in [2.05, 4.69) is 19.1 Å². The van der Waals surface area contributed by atoms with Gasteiger partial charge in [0.05, 0.1) is 0 Å². The molecule has 0 unspecified atom stereocenters. The number of nitrogens with zero attached hydrogens (tertiary/aromatic N) is 2. The Balaban J connectivity index is 1.72. The molecule has 0 spiro atoms. The summed E-state index contributed by atoms with van der Waals surface area (Å²) in [7, 11) is 0. The fraction of sp³-hybridized carbons (Fsp3) is 0.579. The summed E-state index contributed by atoms with van der Waals surface area (Å²) >= 11 is 0. The van der Waals surface area contributed by atoms with Crippen LogP contribution in [0.5, 0.6) is 0 Å². The molecule has 1 aliphatic heterocycles. The minimum atomic E-state index is 0.120. The molecule has 124 valence electrons. The number of carbonyl (C=O) groups is 2. The lowest BCUT2D eigenvalue weighted by atomic mass is 9.84. The van der Waals surface area contributed by atoms with E-state index in [1.54, 1.807) is 0 Å². The lowest BCUT2D eigenvalue weighted by Crippen LogP contribution is -2.46. The first kappa shape index (κ1) is 16.0. The zero-order chi connectivity index (χ0) is 16.2. The summed E-state index contributed by atoms with van der Waals surface area (Å²) in [5, 5.41) is 0. The maximum absolute atomic E-state index is 12.6. The van der Waals surface area contributed by atoms with E-state index in [4.69, 9.17) is 0 Å². The highest BCUT2D eigenvalue weighted by Crippen LogP contribution is 2.29. The Bertz CT molecular complexity index is 554. The Hall–Kier alpha value is -1.84. The van der Waals surface area contributed by atoms with Gasteiger partial charge in [0.15, 0.2) is 0 Å². The van der Waals surface area contributed by atoms with Gasteiger partial charge in [-0.3, -0.25) is 9.59 Å². The number of benzene rings is 1. The van der Waals surface area contributed by atoms with Crippen LogP contribution in [0, 0.1) is 5.92 Å². The van der Waals surface area contributed by atoms with Crippen molar-refractivity contribution >= 4 is 11.8 Å². The van der Waals surface area contributed by atoms with Crippen molar-refractivity contribution in [3.05, 3.63) is 35.9 Å². The third-order valence-corrected chi connectivity index (χ3v) is 5.22. The highest BCUT2D eigenvalue weighted by Gasteiger charge is 2.35. The molecule has 4 nitrogen and oxygen atoms in total. The van der Waals surface area contributed by atoms with Crippen LogP contribution in [0.2, 0.25) is 0 Å². The topological polar surface area (TPSA) is 40.6 Å². The standard InChI is InChI=1S/C19H26N2O2/c1-2-17-14-20(19(23)16-9-6-10-16)12-11-18(22)21(17)13-15-7-4-3-5-8-15/h3-5,7-8,16-17H,2,6,9-14H2,1H3/t17-/m1/s1. The van der Waals surface area contributed by atoms with Crippen LogP contribution >= 0.6 is 0 Å². The van der Waals surface area contributed by atoms with Crippen LogP contribution in [0.4, 0.5) is 0 Å². The molecule has 1 saturated carbocycles. The van der Waals surface area contributed by atoms with E-state index in [1.807, 2.05) is 28.0 Å². The van der Waals surface area contributed by atoms with Crippen molar-refractivity contribution in [2.75, 3.05) is 13.1 Å². The van der Waals surface area contributed by atoms with Crippen LogP contribution in [0.15, 0.2) is 30.3 Å². The number of carbonyl (C=O) groups excluding carboxylic acids is 2. The second kappa shape index (κ2) is 7.16. The summed E-state index contributed by atoms with van der Waals surface area (Å²) in [5.74, 6) is 0.650. The van der Waals surface area contributed by atoms with Crippen LogP contribution in [0.25, 0.3) is 0 Å². The van der Waals surface area contributed by atoms with Gasteiger partial charge in [-0.15, -0.1) is 0 Å². The summed E-state index contributed by atoms with van der Waals surface area (Å²) < 4.78 is 0. The summed E-state index contributed by atoms with van der Waals surface area (Å²) in [5.41, 5.74) is 1.15. The van der Waals surface area contributed by atoms with Gasteiger partial charge in [0.2, 0.25) is 11.8 Å². The fourth-order valence-corrected chi connectivity index (χ4v) is 3.48. The van der Waals surface area contributed by atoms with E-state index >= 15 is 0 Å². The highest BCUT2D eigenvalue weighted by atomic mass is 16.2. The maximum Gasteiger partial charge on any atom is 0.225 e. The number of rotatable bonds is 4. The van der Waals surface area contributed by atoms with Gasteiger partial charge in [0.25, 0.3) is 0 Å². The smallest absolute Gasteiger partial charge is 0.225 e. The average molecular weight is 314 g/mol. The van der Waals surface area contributed by atoms with Crippen molar-refractivity contribution < 1.29 is 9.59 Å². The Morgan fingerprint density at radius 2 is 1.96 bits per heavy atom. The molecule has 1 aromatic rings. The van der Waals surface area contributed by atoms with Gasteiger partial charge in [-0.1, -0.05) is 43.7 Å². The molecule has 0 aromatic heterocycles. The molecule has 2 amide bonds. The Morgan fingerprint density at radius 3 is 2.57 bits per heavy atom. The Kier molecular flexibility index (Phi) is 4.99. The third kappa shape index (κ3) is 3.57. The molecule has 1 atom stereocenters. The fourth-order valence-electron chi connectivity index (χ4n) is 3.48. The minimum Gasteiger partial charge on any atom is -0.340 e. The normalized spacial score (nSPS) is 22.7. The predicted octanol–water partition coefficient (Wildman–Crippen LogP) is 2.83. The van der Waals surface area contributed by atoms with E-state index in [9.17, 15) is 9.59 Å². The van der Waals surface area contributed by atoms with E-state index in [1.165, 1.54) is 6.42 Å². The van der Waals surface area contributed by atoms with Crippen LogP contribution < -0.4 is 0 Å². The van der Waals surface area contributed by atoms with Gasteiger partial charge in [-0.2, -0.15) is 0 Å². The SMILES string of the molecule is CC[C@@H]1CN(C(=O)C2CCC2)CCC(=O)N1Cc1ccccc1. The lowest BCUT2D eigenvalue weighted by molar-refractivity contribution is -0.138. The first-order valence-electron chi connectivity index (χ1n) is 8.81. The largest absolute Gasteiger partial charge is 0.340 e. The molecular weight excluding hydrogens is 288 g/mol. The highest BCUT2D eigenvalue weighted by molar-refractivity contribution is 5.82. The van der Waals surface area contributed by atoms with Gasteiger partial charge in [0, 0.05) is 38.0 Å². The summed E-state index contributed by atoms with van der Waals surface area (Å²) in [6.45, 7) is 4.01. The van der Waals surface area contributed by atoms with E-state index in [-0.39, 0.29) is 23.8 Å². The molecule has 3 rings (SSSR count). The molecule has 1 aliphatic carbocycles. The first-order valence-corrected chi connectivity index (χ1v) is 8.81. The summed E-state index contributed by atoms with van der Waals surface area (Å²) in [6.07, 6.45) is 4.54. The molecule has 0 N–H and O–H groups in total. The van der Waals surface area contributed by atoms with Crippen LogP contribution in [0.3, 0.4) is 0 Å². The van der Waals surface area contributed by atoms with Crippen molar-refractivity contribution in [1.29, 1.82) is 0 Å². The third-order valence-electron chi connectivity index (χ3n) is 5.22. The van der Waals surface area contributed by atoms with Crippen molar-refractivity contribution in [2.45, 2.75) is 51.6 Å². The molecular formula is C19H26N2O2. The van der Waals surface area contributed by atoms with Crippen molar-refractivity contribution in [2.24, 2.45) is 5.92 Å². The number of hydrogen-bond acceptors (Lipinski definition) is 2. The molecule has 1 saturated heterocycles. The monoisotopic (exact) mass is 314 g/mol. The zero-order valence-electron chi connectivity index (χ0n) is 13.9. The van der Waals surface area contributed by atoms with Gasteiger partial charge < -0.3 is 9.80 Å². The quantitative estimate of drug-likeness (QED) is 0.857. The van der Waals surface area contributed by atoms with E-state index in [0.29, 0.717) is 26.1 Å². The van der Waals surface area contributed by atoms with E-state index < -0.39 is 0 Å². The van der Waals surface area contributed by atoms with Gasteiger partial charge >= 0.3 is 0 Å². The predicted molar refractivity (Wildman–Crippen MR) is 89.6 cm³/mol. The van der Waals surface area contributed by atoms with E-state index in [0.717, 1.165) is 24.8 Å². The molecule has 1 aromatic carbocycles. The second-order valence-electron chi connectivity index (χ2n) is 6.73. The maximum atomic E-state index is 12.6. The number of amides is 2. The van der Waals surface area contributed by atoms with Crippen molar-refractivity contribution in [1.82, 2.24) is 9.80 Å². The van der Waals surface area contributed by atoms with Crippen molar-refractivity contribution in [3.63, 3.8) is 0 Å². The van der Waals surface area contributed by atoms with Crippen LogP contribution in [0.1, 0.15) is 44.6 Å². The van der Waals surface area contributed by atoms with Crippen LogP contribution in [-0.2, 0) is 16.1 Å². The number of hydrogen-bond donors (Lipinski definition) is 0. The van der Waals surface area contributed by atoms with Gasteiger partial charge in [-0.05, 0) is 24.8 Å².